The number of likely N-dealkylation sites (N-methyl/N-ethyl adjacent to an activating group) is 1. The number of aryl methyl sites for hydroxylation is 1. The largest absolute Gasteiger partial charge is 0.350 e. The molecule has 1 heterocycles. The summed E-state index contributed by atoms with van der Waals surface area (Å²) in [5, 5.41) is 5.68. The molecular formula is C11H17N3O2. The van der Waals surface area contributed by atoms with Crippen molar-refractivity contribution in [1.29, 1.82) is 0 Å². The van der Waals surface area contributed by atoms with Crippen LogP contribution in [-0.2, 0) is 0 Å². The highest BCUT2D eigenvalue weighted by molar-refractivity contribution is 5.93. The molecule has 0 aliphatic rings. The molecule has 0 spiro atoms. The van der Waals surface area contributed by atoms with Crippen molar-refractivity contribution in [3.05, 3.63) is 33.7 Å². The Morgan fingerprint density at radius 1 is 1.50 bits per heavy atom. The lowest BCUT2D eigenvalue weighted by atomic mass is 10.2. The number of H-pyrrole nitrogens is 1. The van der Waals surface area contributed by atoms with Gasteiger partial charge in [0, 0.05) is 18.3 Å². The number of carbonyl (C=O) groups excluding carboxylic acids is 1. The number of aromatic nitrogens is 1. The number of carbonyl (C=O) groups is 1. The van der Waals surface area contributed by atoms with Gasteiger partial charge in [0.1, 0.15) is 5.56 Å². The Kier molecular flexibility index (Phi) is 4.25. The summed E-state index contributed by atoms with van der Waals surface area (Å²) in [5.41, 5.74) is 0.536. The Labute approximate surface area is 94.3 Å². The van der Waals surface area contributed by atoms with Crippen molar-refractivity contribution in [2.45, 2.75) is 19.9 Å². The van der Waals surface area contributed by atoms with E-state index in [1.807, 2.05) is 14.0 Å². The first-order valence-electron chi connectivity index (χ1n) is 5.20. The van der Waals surface area contributed by atoms with E-state index in [2.05, 4.69) is 15.6 Å². The average Bonchev–Trinajstić information content (AvgIpc) is 2.25. The van der Waals surface area contributed by atoms with Crippen LogP contribution in [0.5, 0.6) is 0 Å². The van der Waals surface area contributed by atoms with Gasteiger partial charge in [-0.1, -0.05) is 0 Å². The number of nitrogens with one attached hydrogen (secondary N) is 3. The van der Waals surface area contributed by atoms with Crippen molar-refractivity contribution < 1.29 is 4.79 Å². The summed E-state index contributed by atoms with van der Waals surface area (Å²) >= 11 is 0. The van der Waals surface area contributed by atoms with Crippen molar-refractivity contribution in [1.82, 2.24) is 15.6 Å². The normalized spacial score (nSPS) is 12.2. The Morgan fingerprint density at radius 2 is 2.19 bits per heavy atom. The molecule has 0 fully saturated rings. The van der Waals surface area contributed by atoms with Crippen molar-refractivity contribution >= 4 is 5.91 Å². The maximum atomic E-state index is 11.6. The van der Waals surface area contributed by atoms with E-state index in [0.717, 1.165) is 5.69 Å². The highest BCUT2D eigenvalue weighted by atomic mass is 16.2. The van der Waals surface area contributed by atoms with E-state index >= 15 is 0 Å². The lowest BCUT2D eigenvalue weighted by Gasteiger charge is -2.10. The van der Waals surface area contributed by atoms with E-state index in [1.54, 1.807) is 13.0 Å². The van der Waals surface area contributed by atoms with Crippen LogP contribution in [0.3, 0.4) is 0 Å². The van der Waals surface area contributed by atoms with E-state index in [0.29, 0.717) is 6.54 Å². The Balaban J connectivity index is 2.70. The molecule has 0 radical (unpaired) electrons. The zero-order chi connectivity index (χ0) is 12.1. The molecule has 1 aromatic heterocycles. The van der Waals surface area contributed by atoms with Gasteiger partial charge in [0.25, 0.3) is 11.5 Å². The first-order valence-corrected chi connectivity index (χ1v) is 5.20. The number of aromatic amines is 1. The number of hydrogen-bond donors (Lipinski definition) is 3. The molecule has 0 aromatic carbocycles. The zero-order valence-electron chi connectivity index (χ0n) is 9.76. The molecule has 0 saturated carbocycles. The first kappa shape index (κ1) is 12.4. The second kappa shape index (κ2) is 5.46. The third kappa shape index (κ3) is 3.20. The molecule has 0 bridgehead atoms. The zero-order valence-corrected chi connectivity index (χ0v) is 9.76. The van der Waals surface area contributed by atoms with E-state index in [4.69, 9.17) is 0 Å². The first-order chi connectivity index (χ1) is 7.54. The van der Waals surface area contributed by atoms with Crippen LogP contribution < -0.4 is 16.2 Å². The van der Waals surface area contributed by atoms with Gasteiger partial charge in [-0.05, 0) is 33.0 Å². The third-order valence-electron chi connectivity index (χ3n) is 2.36. The van der Waals surface area contributed by atoms with Crippen molar-refractivity contribution in [2.24, 2.45) is 0 Å². The fraction of sp³-hybridized carbons (Fsp3) is 0.455. The lowest BCUT2D eigenvalue weighted by Crippen LogP contribution is -2.38. The second-order valence-electron chi connectivity index (χ2n) is 3.78. The molecule has 3 N–H and O–H groups in total. The molecule has 88 valence electrons. The van der Waals surface area contributed by atoms with Crippen LogP contribution in [0.1, 0.15) is 23.0 Å². The van der Waals surface area contributed by atoms with Gasteiger partial charge in [0.05, 0.1) is 0 Å². The Bertz CT molecular complexity index is 425. The fourth-order valence-corrected chi connectivity index (χ4v) is 1.19. The molecule has 5 nitrogen and oxygen atoms in total. The third-order valence-corrected chi connectivity index (χ3v) is 2.36. The molecule has 1 aromatic rings. The second-order valence-corrected chi connectivity index (χ2v) is 3.78. The van der Waals surface area contributed by atoms with Gasteiger partial charge in [0.2, 0.25) is 0 Å². The summed E-state index contributed by atoms with van der Waals surface area (Å²) in [6, 6.07) is 3.42. The van der Waals surface area contributed by atoms with Gasteiger partial charge < -0.3 is 15.6 Å². The molecule has 16 heavy (non-hydrogen) atoms. The predicted octanol–water partition coefficient (Wildman–Crippen LogP) is 0.0210. The fourth-order valence-electron chi connectivity index (χ4n) is 1.19. The van der Waals surface area contributed by atoms with Gasteiger partial charge in [-0.2, -0.15) is 0 Å². The number of rotatable bonds is 4. The summed E-state index contributed by atoms with van der Waals surface area (Å²) in [5.74, 6) is -0.344. The standard InChI is InChI=1S/C11H17N3O2/c1-7-4-5-9(11(16)14-7)10(15)13-6-8(2)12-3/h4-5,8,12H,6H2,1-3H3,(H,13,15)(H,14,16). The average molecular weight is 223 g/mol. The van der Waals surface area contributed by atoms with E-state index in [1.165, 1.54) is 6.07 Å². The Hall–Kier alpha value is -1.62. The molecule has 1 unspecified atom stereocenters. The molecule has 5 heteroatoms. The SMILES string of the molecule is CNC(C)CNC(=O)c1ccc(C)[nH]c1=O. The van der Waals surface area contributed by atoms with Crippen molar-refractivity contribution in [3.8, 4) is 0 Å². The molecular weight excluding hydrogens is 206 g/mol. The summed E-state index contributed by atoms with van der Waals surface area (Å²) in [7, 11) is 1.81. The lowest BCUT2D eigenvalue weighted by molar-refractivity contribution is 0.0949. The van der Waals surface area contributed by atoms with Crippen LogP contribution in [0.15, 0.2) is 16.9 Å². The van der Waals surface area contributed by atoms with E-state index in [9.17, 15) is 9.59 Å². The Morgan fingerprint density at radius 3 is 2.75 bits per heavy atom. The summed E-state index contributed by atoms with van der Waals surface area (Å²) < 4.78 is 0. The van der Waals surface area contributed by atoms with Gasteiger partial charge >= 0.3 is 0 Å². The molecule has 0 aliphatic heterocycles. The molecule has 1 amide bonds. The number of amides is 1. The summed E-state index contributed by atoms with van der Waals surface area (Å²) in [6.45, 7) is 4.20. The van der Waals surface area contributed by atoms with Crippen molar-refractivity contribution in [2.75, 3.05) is 13.6 Å². The van der Waals surface area contributed by atoms with Gasteiger partial charge in [-0.3, -0.25) is 9.59 Å². The highest BCUT2D eigenvalue weighted by Crippen LogP contribution is 1.93. The minimum atomic E-state index is -0.352. The minimum absolute atomic E-state index is 0.147. The molecule has 1 rings (SSSR count). The topological polar surface area (TPSA) is 74.0 Å². The van der Waals surface area contributed by atoms with Crippen LogP contribution in [0.4, 0.5) is 0 Å². The predicted molar refractivity (Wildman–Crippen MR) is 62.7 cm³/mol. The van der Waals surface area contributed by atoms with Crippen LogP contribution >= 0.6 is 0 Å². The summed E-state index contributed by atoms with van der Waals surface area (Å²) in [6.07, 6.45) is 0. The molecule has 0 saturated heterocycles. The van der Waals surface area contributed by atoms with Gasteiger partial charge in [-0.25, -0.2) is 0 Å². The maximum Gasteiger partial charge on any atom is 0.260 e. The van der Waals surface area contributed by atoms with E-state index in [-0.39, 0.29) is 23.1 Å². The maximum absolute atomic E-state index is 11.6. The van der Waals surface area contributed by atoms with Crippen molar-refractivity contribution in [3.63, 3.8) is 0 Å². The van der Waals surface area contributed by atoms with Crippen LogP contribution in [0, 0.1) is 6.92 Å². The molecule has 0 aliphatic carbocycles. The smallest absolute Gasteiger partial charge is 0.260 e. The molecule has 1 atom stereocenters. The summed E-state index contributed by atoms with van der Waals surface area (Å²) in [4.78, 5) is 25.7. The van der Waals surface area contributed by atoms with E-state index < -0.39 is 0 Å². The van der Waals surface area contributed by atoms with Gasteiger partial charge in [-0.15, -0.1) is 0 Å². The number of hydrogen-bond acceptors (Lipinski definition) is 3. The van der Waals surface area contributed by atoms with Crippen LogP contribution in [-0.4, -0.2) is 30.5 Å². The minimum Gasteiger partial charge on any atom is -0.350 e. The van der Waals surface area contributed by atoms with Gasteiger partial charge in [0.15, 0.2) is 0 Å². The van der Waals surface area contributed by atoms with Crippen LogP contribution in [0.25, 0.3) is 0 Å². The highest BCUT2D eigenvalue weighted by Gasteiger charge is 2.10. The number of pyridine rings is 1. The van der Waals surface area contributed by atoms with Crippen LogP contribution in [0.2, 0.25) is 0 Å². The quantitative estimate of drug-likeness (QED) is 0.673. The monoisotopic (exact) mass is 223 g/mol.